The van der Waals surface area contributed by atoms with Gasteiger partial charge in [0.05, 0.1) is 18.1 Å². The highest BCUT2D eigenvalue weighted by atomic mass is 32.2. The van der Waals surface area contributed by atoms with Gasteiger partial charge in [-0.3, -0.25) is 15.2 Å². The molecule has 0 aliphatic heterocycles. The van der Waals surface area contributed by atoms with Crippen LogP contribution in [0.2, 0.25) is 0 Å². The number of carboxylic acids is 1. The predicted molar refractivity (Wildman–Crippen MR) is 88.5 cm³/mol. The number of thioether (sulfide) groups is 1. The summed E-state index contributed by atoms with van der Waals surface area (Å²) in [5, 5.41) is 37.2. The highest BCUT2D eigenvalue weighted by molar-refractivity contribution is 8.04. The molecule has 0 bridgehead atoms. The van der Waals surface area contributed by atoms with Gasteiger partial charge in [0.15, 0.2) is 11.5 Å². The van der Waals surface area contributed by atoms with Crippen molar-refractivity contribution in [2.75, 3.05) is 7.11 Å². The van der Waals surface area contributed by atoms with E-state index in [2.05, 4.69) is 15.2 Å². The van der Waals surface area contributed by atoms with Crippen LogP contribution in [-0.2, 0) is 11.2 Å². The van der Waals surface area contributed by atoms with Crippen LogP contribution in [0.25, 0.3) is 6.08 Å². The first-order chi connectivity index (χ1) is 11.8. The maximum Gasteiger partial charge on any atom is 0.342 e. The molecule has 2 rings (SSSR count). The number of rotatable bonds is 7. The van der Waals surface area contributed by atoms with E-state index in [0.29, 0.717) is 12.2 Å². The molecule has 2 aromatic rings. The van der Waals surface area contributed by atoms with Crippen molar-refractivity contribution in [2.45, 2.75) is 18.5 Å². The summed E-state index contributed by atoms with van der Waals surface area (Å²) in [5.41, 5.74) is -0.413. The van der Waals surface area contributed by atoms with E-state index in [-0.39, 0.29) is 27.1 Å². The summed E-state index contributed by atoms with van der Waals surface area (Å²) in [5.74, 6) is -1.25. The van der Waals surface area contributed by atoms with E-state index in [1.807, 2.05) is 6.92 Å². The molecule has 0 spiro atoms. The average Bonchev–Trinajstić information content (AvgIpc) is 3.03. The van der Waals surface area contributed by atoms with Gasteiger partial charge in [-0.1, -0.05) is 6.92 Å². The summed E-state index contributed by atoms with van der Waals surface area (Å²) in [4.78, 5) is 25.6. The van der Waals surface area contributed by atoms with E-state index in [1.54, 1.807) is 0 Å². The van der Waals surface area contributed by atoms with Gasteiger partial charge in [0, 0.05) is 18.1 Å². The summed E-state index contributed by atoms with van der Waals surface area (Å²) < 4.78 is 4.89. The van der Waals surface area contributed by atoms with E-state index >= 15 is 0 Å². The van der Waals surface area contributed by atoms with Gasteiger partial charge in [0.1, 0.15) is 10.7 Å². The number of phenols is 1. The second-order valence-corrected chi connectivity index (χ2v) is 5.69. The number of carboxylic acid groups (broad SMARTS) is 1. The Labute approximate surface area is 145 Å². The van der Waals surface area contributed by atoms with Gasteiger partial charge in [-0.15, -0.1) is 5.10 Å². The Hall–Kier alpha value is -3.08. The van der Waals surface area contributed by atoms with E-state index in [4.69, 9.17) is 4.74 Å². The van der Waals surface area contributed by atoms with Gasteiger partial charge in [-0.25, -0.2) is 9.78 Å². The Kier molecular flexibility index (Phi) is 5.60. The Morgan fingerprint density at radius 2 is 2.24 bits per heavy atom. The highest BCUT2D eigenvalue weighted by Gasteiger charge is 2.19. The van der Waals surface area contributed by atoms with Crippen molar-refractivity contribution in [3.05, 3.63) is 38.5 Å². The lowest BCUT2D eigenvalue weighted by atomic mass is 10.1. The maximum atomic E-state index is 11.5. The number of ether oxygens (including phenoxy) is 1. The standard InChI is InChI=1S/C14H14N4O6S/c1-3-11-15-14(17-16-11)25-10(13(20)21)5-7-4-8(18(22)23)6-9(24-2)12(7)19/h4-6,19H,3H2,1-2H3,(H,20,21)(H,15,16,17)/b10-5+. The second-order valence-electron chi connectivity index (χ2n) is 4.68. The molecule has 0 unspecified atom stereocenters. The van der Waals surface area contributed by atoms with Crippen LogP contribution in [0.4, 0.5) is 5.69 Å². The summed E-state index contributed by atoms with van der Waals surface area (Å²) >= 11 is 0.751. The molecule has 0 fully saturated rings. The Morgan fingerprint density at radius 1 is 1.52 bits per heavy atom. The molecule has 0 saturated heterocycles. The van der Waals surface area contributed by atoms with Crippen LogP contribution in [0.3, 0.4) is 0 Å². The molecule has 0 radical (unpaired) electrons. The van der Waals surface area contributed by atoms with Crippen LogP contribution in [0.1, 0.15) is 18.3 Å². The number of hydrogen-bond acceptors (Lipinski definition) is 8. The first kappa shape index (κ1) is 18.3. The fourth-order valence-corrected chi connectivity index (χ4v) is 2.56. The van der Waals surface area contributed by atoms with Crippen molar-refractivity contribution >= 4 is 29.5 Å². The first-order valence-corrected chi connectivity index (χ1v) is 7.76. The van der Waals surface area contributed by atoms with Crippen LogP contribution in [-0.4, -0.2) is 43.4 Å². The topological polar surface area (TPSA) is 151 Å². The van der Waals surface area contributed by atoms with Gasteiger partial charge in [-0.2, -0.15) is 0 Å². The number of H-pyrrole nitrogens is 1. The van der Waals surface area contributed by atoms with Crippen LogP contribution in [0, 0.1) is 10.1 Å². The van der Waals surface area contributed by atoms with Crippen molar-refractivity contribution < 1.29 is 24.7 Å². The zero-order chi connectivity index (χ0) is 18.6. The van der Waals surface area contributed by atoms with E-state index in [0.717, 1.165) is 30.0 Å². The number of methoxy groups -OCH3 is 1. The molecule has 1 aromatic carbocycles. The van der Waals surface area contributed by atoms with Gasteiger partial charge in [-0.05, 0) is 17.8 Å². The lowest BCUT2D eigenvalue weighted by Crippen LogP contribution is -1.98. The number of benzene rings is 1. The second kappa shape index (κ2) is 7.66. The summed E-state index contributed by atoms with van der Waals surface area (Å²) in [6, 6.07) is 2.10. The molecular formula is C14H14N4O6S. The molecule has 0 atom stereocenters. The number of aromatic nitrogens is 3. The fourth-order valence-electron chi connectivity index (χ4n) is 1.84. The summed E-state index contributed by atoms with van der Waals surface area (Å²) in [7, 11) is 1.24. The molecular weight excluding hydrogens is 352 g/mol. The Morgan fingerprint density at radius 3 is 2.76 bits per heavy atom. The van der Waals surface area contributed by atoms with E-state index < -0.39 is 16.6 Å². The molecule has 25 heavy (non-hydrogen) atoms. The number of aromatic amines is 1. The molecule has 1 heterocycles. The van der Waals surface area contributed by atoms with Gasteiger partial charge in [0.25, 0.3) is 5.69 Å². The number of aromatic hydroxyl groups is 1. The van der Waals surface area contributed by atoms with Crippen molar-refractivity contribution in [1.29, 1.82) is 0 Å². The van der Waals surface area contributed by atoms with Crippen LogP contribution in [0.5, 0.6) is 11.5 Å². The molecule has 132 valence electrons. The average molecular weight is 366 g/mol. The number of carbonyl (C=O) groups is 1. The largest absolute Gasteiger partial charge is 0.504 e. The van der Waals surface area contributed by atoms with Gasteiger partial charge < -0.3 is 14.9 Å². The third kappa shape index (κ3) is 4.26. The number of non-ortho nitro benzene ring substituents is 1. The lowest BCUT2D eigenvalue weighted by molar-refractivity contribution is -0.385. The molecule has 0 amide bonds. The van der Waals surface area contributed by atoms with Gasteiger partial charge >= 0.3 is 5.97 Å². The van der Waals surface area contributed by atoms with Crippen molar-refractivity contribution in [2.24, 2.45) is 0 Å². The molecule has 11 heteroatoms. The van der Waals surface area contributed by atoms with Crippen molar-refractivity contribution in [3.63, 3.8) is 0 Å². The minimum atomic E-state index is -1.29. The quantitative estimate of drug-likeness (QED) is 0.290. The van der Waals surface area contributed by atoms with Crippen molar-refractivity contribution in [1.82, 2.24) is 15.2 Å². The van der Waals surface area contributed by atoms with E-state index in [9.17, 15) is 25.1 Å². The van der Waals surface area contributed by atoms with Crippen LogP contribution >= 0.6 is 11.8 Å². The van der Waals surface area contributed by atoms with E-state index in [1.165, 1.54) is 7.11 Å². The number of nitro groups is 1. The number of nitrogens with zero attached hydrogens (tertiary/aromatic N) is 3. The fraction of sp³-hybridized carbons (Fsp3) is 0.214. The summed E-state index contributed by atoms with van der Waals surface area (Å²) in [6.45, 7) is 1.86. The minimum Gasteiger partial charge on any atom is -0.504 e. The molecule has 0 saturated carbocycles. The Balaban J connectivity index is 2.47. The predicted octanol–water partition coefficient (Wildman–Crippen LogP) is 2.21. The number of phenolic OH excluding ortho intramolecular Hbond substituents is 1. The smallest absolute Gasteiger partial charge is 0.342 e. The van der Waals surface area contributed by atoms with Gasteiger partial charge in [0.2, 0.25) is 5.16 Å². The number of nitro benzene ring substituents is 1. The van der Waals surface area contributed by atoms with Crippen LogP contribution in [0.15, 0.2) is 22.2 Å². The molecule has 3 N–H and O–H groups in total. The minimum absolute atomic E-state index is 0.0674. The molecule has 10 nitrogen and oxygen atoms in total. The normalized spacial score (nSPS) is 11.4. The monoisotopic (exact) mass is 366 g/mol. The molecule has 1 aromatic heterocycles. The maximum absolute atomic E-state index is 11.5. The zero-order valence-corrected chi connectivity index (χ0v) is 14.0. The van der Waals surface area contributed by atoms with Crippen LogP contribution < -0.4 is 4.74 Å². The number of nitrogens with one attached hydrogen (secondary N) is 1. The zero-order valence-electron chi connectivity index (χ0n) is 13.2. The molecule has 0 aliphatic carbocycles. The third-order valence-corrected chi connectivity index (χ3v) is 3.94. The number of aryl methyl sites for hydroxylation is 1. The van der Waals surface area contributed by atoms with Crippen molar-refractivity contribution in [3.8, 4) is 11.5 Å². The number of aliphatic carboxylic acids is 1. The summed E-state index contributed by atoms with van der Waals surface area (Å²) in [6.07, 6.45) is 1.70. The first-order valence-electron chi connectivity index (χ1n) is 6.95. The highest BCUT2D eigenvalue weighted by Crippen LogP contribution is 2.37. The molecule has 0 aliphatic rings. The number of hydrogen-bond donors (Lipinski definition) is 3. The Bertz CT molecular complexity index is 848. The SMILES string of the molecule is CCc1nc(S/C(=C/c2cc([N+](=O)[O-])cc(OC)c2O)C(=O)O)n[nH]1. The lowest BCUT2D eigenvalue weighted by Gasteiger charge is -2.07. The third-order valence-electron chi connectivity index (χ3n) is 3.06.